The molecular weight excluding hydrogens is 247 g/mol. The van der Waals surface area contributed by atoms with Crippen molar-refractivity contribution in [1.29, 1.82) is 0 Å². The Balaban J connectivity index is 0. The lowest BCUT2D eigenvalue weighted by molar-refractivity contribution is 0.391. The topological polar surface area (TPSA) is 0 Å². The summed E-state index contributed by atoms with van der Waals surface area (Å²) in [5.74, 6) is 1.39. The molecule has 0 saturated carbocycles. The Morgan fingerprint density at radius 3 is 2.25 bits per heavy atom. The van der Waals surface area contributed by atoms with Gasteiger partial charge in [0.2, 0.25) is 0 Å². The van der Waals surface area contributed by atoms with Crippen molar-refractivity contribution in [2.75, 3.05) is 0 Å². The molecule has 0 N–H and O–H groups in total. The lowest BCUT2D eigenvalue weighted by atomic mass is 9.85. The fraction of sp³-hybridized carbons (Fsp3) is 0.579. The van der Waals surface area contributed by atoms with Gasteiger partial charge in [-0.25, -0.2) is 4.39 Å². The minimum Gasteiger partial charge on any atom is -0.248 e. The predicted molar refractivity (Wildman–Crippen MR) is 90.4 cm³/mol. The SMILES string of the molecule is C#C.CC(C)F.CC=CC(C)C1C=CC(CCC)=CC1. The molecule has 2 unspecified atom stereocenters. The molecule has 0 aromatic rings. The Bertz CT molecular complexity index is 315. The quantitative estimate of drug-likeness (QED) is 0.429. The highest BCUT2D eigenvalue weighted by Gasteiger charge is 2.13. The van der Waals surface area contributed by atoms with Gasteiger partial charge < -0.3 is 0 Å². The van der Waals surface area contributed by atoms with Gasteiger partial charge in [-0.1, -0.05) is 56.2 Å². The molecule has 2 atom stereocenters. The molecule has 1 rings (SSSR count). The second kappa shape index (κ2) is 14.1. The summed E-state index contributed by atoms with van der Waals surface area (Å²) >= 11 is 0. The monoisotopic (exact) mass is 278 g/mol. The summed E-state index contributed by atoms with van der Waals surface area (Å²) < 4.78 is 11.0. The van der Waals surface area contributed by atoms with Gasteiger partial charge in [-0.15, -0.1) is 12.8 Å². The maximum Gasteiger partial charge on any atom is 0.0945 e. The third-order valence-electron chi connectivity index (χ3n) is 2.92. The number of allylic oxidation sites excluding steroid dienone is 6. The van der Waals surface area contributed by atoms with Crippen molar-refractivity contribution in [3.8, 4) is 12.8 Å². The van der Waals surface area contributed by atoms with Crippen molar-refractivity contribution in [1.82, 2.24) is 0 Å². The van der Waals surface area contributed by atoms with Crippen LogP contribution < -0.4 is 0 Å². The standard InChI is InChI=1S/C14H22.C3H7F.C2H2/c1-4-6-12(3)14-10-8-13(7-5-2)9-11-14;1-3(2)4;1-2/h4,6,8-10,12,14H,5,7,11H2,1-3H3;3H,1-2H3;1-2H. The molecule has 0 heterocycles. The van der Waals surface area contributed by atoms with E-state index < -0.39 is 6.17 Å². The molecule has 0 aromatic carbocycles. The third kappa shape index (κ3) is 11.8. The Kier molecular flexibility index (Phi) is 14.8. The summed E-state index contributed by atoms with van der Waals surface area (Å²) in [5, 5.41) is 0. The number of hydrogen-bond acceptors (Lipinski definition) is 0. The van der Waals surface area contributed by atoms with Gasteiger partial charge in [0.25, 0.3) is 0 Å². The van der Waals surface area contributed by atoms with Crippen molar-refractivity contribution >= 4 is 0 Å². The average molecular weight is 278 g/mol. The van der Waals surface area contributed by atoms with Crippen LogP contribution in [-0.2, 0) is 0 Å². The predicted octanol–water partition coefficient (Wildman–Crippen LogP) is 6.11. The minimum absolute atomic E-state index is 0.667. The first kappa shape index (κ1) is 21.0. The van der Waals surface area contributed by atoms with Gasteiger partial charge >= 0.3 is 0 Å². The summed E-state index contributed by atoms with van der Waals surface area (Å²) in [4.78, 5) is 0. The van der Waals surface area contributed by atoms with E-state index in [4.69, 9.17) is 0 Å². The first-order valence-corrected chi connectivity index (χ1v) is 7.48. The largest absolute Gasteiger partial charge is 0.248 e. The number of halogens is 1. The van der Waals surface area contributed by atoms with E-state index in [1.807, 2.05) is 0 Å². The molecule has 0 saturated heterocycles. The molecule has 114 valence electrons. The molecule has 0 radical (unpaired) electrons. The molecule has 20 heavy (non-hydrogen) atoms. The van der Waals surface area contributed by atoms with Crippen LogP contribution in [0.25, 0.3) is 0 Å². The normalized spacial score (nSPS) is 18.6. The smallest absolute Gasteiger partial charge is 0.0945 e. The van der Waals surface area contributed by atoms with Crippen LogP contribution in [0.5, 0.6) is 0 Å². The van der Waals surface area contributed by atoms with E-state index in [9.17, 15) is 4.39 Å². The zero-order chi connectivity index (χ0) is 16.0. The fourth-order valence-corrected chi connectivity index (χ4v) is 1.99. The summed E-state index contributed by atoms with van der Waals surface area (Å²) in [5.41, 5.74) is 1.52. The zero-order valence-corrected chi connectivity index (χ0v) is 13.8. The average Bonchev–Trinajstić information content (AvgIpc) is 2.42. The molecule has 0 aliphatic heterocycles. The summed E-state index contributed by atoms with van der Waals surface area (Å²) in [7, 11) is 0. The number of alkyl halides is 1. The molecule has 1 aliphatic carbocycles. The summed E-state index contributed by atoms with van der Waals surface area (Å²) in [6, 6.07) is 0. The minimum atomic E-state index is -0.667. The molecule has 0 aromatic heterocycles. The van der Waals surface area contributed by atoms with Gasteiger partial charge in [-0.3, -0.25) is 0 Å². The van der Waals surface area contributed by atoms with E-state index in [1.54, 1.807) is 0 Å². The second-order valence-corrected chi connectivity index (χ2v) is 5.19. The van der Waals surface area contributed by atoms with Crippen LogP contribution in [0.4, 0.5) is 4.39 Å². The van der Waals surface area contributed by atoms with Crippen molar-refractivity contribution in [2.24, 2.45) is 11.8 Å². The van der Waals surface area contributed by atoms with Gasteiger partial charge in [0, 0.05) is 0 Å². The fourth-order valence-electron chi connectivity index (χ4n) is 1.99. The van der Waals surface area contributed by atoms with Crippen molar-refractivity contribution in [3.05, 3.63) is 36.0 Å². The third-order valence-corrected chi connectivity index (χ3v) is 2.92. The number of rotatable bonds is 4. The van der Waals surface area contributed by atoms with Gasteiger partial charge in [0.15, 0.2) is 0 Å². The van der Waals surface area contributed by atoms with Crippen molar-refractivity contribution in [2.45, 2.75) is 60.1 Å². The Morgan fingerprint density at radius 2 is 1.90 bits per heavy atom. The van der Waals surface area contributed by atoms with E-state index in [0.29, 0.717) is 11.8 Å². The van der Waals surface area contributed by atoms with Crippen molar-refractivity contribution in [3.63, 3.8) is 0 Å². The second-order valence-electron chi connectivity index (χ2n) is 5.19. The molecule has 0 amide bonds. The van der Waals surface area contributed by atoms with Crippen LogP contribution >= 0.6 is 0 Å². The highest BCUT2D eigenvalue weighted by Crippen LogP contribution is 2.26. The molecule has 0 nitrogen and oxygen atoms in total. The molecule has 0 spiro atoms. The van der Waals surface area contributed by atoms with Crippen LogP contribution in [-0.4, -0.2) is 6.17 Å². The summed E-state index contributed by atoms with van der Waals surface area (Å²) in [6.07, 6.45) is 22.6. The molecule has 0 fully saturated rings. The first-order chi connectivity index (χ1) is 9.51. The maximum atomic E-state index is 11.0. The highest BCUT2D eigenvalue weighted by atomic mass is 19.1. The number of terminal acetylenes is 1. The van der Waals surface area contributed by atoms with Gasteiger partial charge in [-0.05, 0) is 45.4 Å². The van der Waals surface area contributed by atoms with Gasteiger partial charge in [-0.2, -0.15) is 0 Å². The highest BCUT2D eigenvalue weighted by molar-refractivity contribution is 5.24. The molecule has 1 heteroatoms. The van der Waals surface area contributed by atoms with Crippen LogP contribution in [0.3, 0.4) is 0 Å². The van der Waals surface area contributed by atoms with Crippen LogP contribution in [0.1, 0.15) is 53.9 Å². The Labute approximate surface area is 125 Å². The summed E-state index contributed by atoms with van der Waals surface area (Å²) in [6.45, 7) is 9.64. The Hall–Kier alpha value is -1.29. The molecule has 0 bridgehead atoms. The van der Waals surface area contributed by atoms with Crippen LogP contribution in [0, 0.1) is 24.7 Å². The molecule has 1 aliphatic rings. The van der Waals surface area contributed by atoms with Crippen molar-refractivity contribution < 1.29 is 4.39 Å². The van der Waals surface area contributed by atoms with Crippen LogP contribution in [0.2, 0.25) is 0 Å². The molecular formula is C19H31F. The Morgan fingerprint density at radius 1 is 1.35 bits per heavy atom. The lowest BCUT2D eigenvalue weighted by Crippen LogP contribution is -2.08. The number of hydrogen-bond donors (Lipinski definition) is 0. The van der Waals surface area contributed by atoms with E-state index in [0.717, 1.165) is 0 Å². The maximum absolute atomic E-state index is 11.0. The van der Waals surface area contributed by atoms with E-state index in [-0.39, 0.29) is 0 Å². The van der Waals surface area contributed by atoms with E-state index in [1.165, 1.54) is 38.7 Å². The van der Waals surface area contributed by atoms with Gasteiger partial charge in [0.1, 0.15) is 0 Å². The van der Waals surface area contributed by atoms with E-state index >= 15 is 0 Å². The van der Waals surface area contributed by atoms with Gasteiger partial charge in [0.05, 0.1) is 6.17 Å². The van der Waals surface area contributed by atoms with E-state index in [2.05, 4.69) is 64.0 Å². The van der Waals surface area contributed by atoms with Crippen LogP contribution in [0.15, 0.2) is 36.0 Å². The zero-order valence-electron chi connectivity index (χ0n) is 13.8. The first-order valence-electron chi connectivity index (χ1n) is 7.48. The lowest BCUT2D eigenvalue weighted by Gasteiger charge is -2.20.